The summed E-state index contributed by atoms with van der Waals surface area (Å²) in [5.74, 6) is -0.417. The van der Waals surface area contributed by atoms with Crippen molar-refractivity contribution in [2.45, 2.75) is 86.2 Å². The molecule has 2 N–H and O–H groups in total. The predicted molar refractivity (Wildman–Crippen MR) is 103 cm³/mol. The van der Waals surface area contributed by atoms with Crippen molar-refractivity contribution in [3.05, 3.63) is 0 Å². The summed E-state index contributed by atoms with van der Waals surface area (Å²) in [6.07, 6.45) is 5.78. The number of rotatable bonds is 4. The second kappa shape index (κ2) is 9.15. The molecule has 2 bridgehead atoms. The molecule has 2 fully saturated rings. The number of hydrogen-bond donors (Lipinski definition) is 2. The van der Waals surface area contributed by atoms with Gasteiger partial charge in [0.2, 0.25) is 5.91 Å². The maximum absolute atomic E-state index is 11.9. The van der Waals surface area contributed by atoms with Gasteiger partial charge in [0, 0.05) is 0 Å². The van der Waals surface area contributed by atoms with Crippen LogP contribution in [0.15, 0.2) is 4.99 Å². The van der Waals surface area contributed by atoms with Crippen molar-refractivity contribution in [1.29, 1.82) is 0 Å². The third kappa shape index (κ3) is 4.21. The maximum atomic E-state index is 11.9. The quantitative estimate of drug-likeness (QED) is 0.484. The fourth-order valence-electron chi connectivity index (χ4n) is 5.58. The topological polar surface area (TPSA) is 102 Å². The van der Waals surface area contributed by atoms with Gasteiger partial charge < -0.3 is 15.5 Å². The predicted octanol–water partition coefficient (Wildman–Crippen LogP) is -0.611. The minimum atomic E-state index is -1.15. The van der Waals surface area contributed by atoms with Gasteiger partial charge in [-0.25, -0.2) is 4.99 Å². The van der Waals surface area contributed by atoms with E-state index in [1.54, 1.807) is 6.92 Å². The Labute approximate surface area is 191 Å². The van der Waals surface area contributed by atoms with Crippen molar-refractivity contribution >= 4 is 17.8 Å². The Morgan fingerprint density at radius 1 is 1.29 bits per heavy atom. The molecule has 0 spiro atoms. The molecule has 3 aliphatic rings. The molecule has 0 aromatic carbocycles. The van der Waals surface area contributed by atoms with Crippen LogP contribution in [-0.4, -0.2) is 29.0 Å². The minimum Gasteiger partial charge on any atom is -0.846 e. The number of nitrogens with zero attached hydrogens (tertiary/aromatic N) is 1. The van der Waals surface area contributed by atoms with E-state index in [4.69, 9.17) is 0 Å². The summed E-state index contributed by atoms with van der Waals surface area (Å²) in [6, 6.07) is -0.845. The summed E-state index contributed by atoms with van der Waals surface area (Å²) in [7, 11) is 0. The van der Waals surface area contributed by atoms with Crippen LogP contribution in [0.25, 0.3) is 0 Å². The zero-order chi connectivity index (χ0) is 20.6. The zero-order valence-corrected chi connectivity index (χ0v) is 20.6. The van der Waals surface area contributed by atoms with E-state index in [1.165, 1.54) is 19.3 Å². The Bertz CT molecular complexity index is 631. The third-order valence-electron chi connectivity index (χ3n) is 7.52. The SMILES string of the molecule is CC1(C)C(O)[C@@]2(C)CC[C@@H]1C2.CCCC(C)C1(CC)C(=O)N=C([O-])NC1=O.[Na+]. The van der Waals surface area contributed by atoms with Crippen LogP contribution >= 0.6 is 0 Å². The molecule has 0 aromatic heterocycles. The van der Waals surface area contributed by atoms with Gasteiger partial charge in [-0.2, -0.15) is 0 Å². The molecule has 28 heavy (non-hydrogen) atoms. The van der Waals surface area contributed by atoms with E-state index in [2.05, 4.69) is 31.1 Å². The molecule has 0 saturated heterocycles. The summed E-state index contributed by atoms with van der Waals surface area (Å²) in [6.45, 7) is 12.3. The monoisotopic (exact) mass is 402 g/mol. The van der Waals surface area contributed by atoms with Crippen LogP contribution in [0.5, 0.6) is 0 Å². The second-order valence-corrected chi connectivity index (χ2v) is 9.51. The van der Waals surface area contributed by atoms with Gasteiger partial charge in [-0.05, 0) is 54.8 Å². The van der Waals surface area contributed by atoms with Crippen LogP contribution in [-0.2, 0) is 9.59 Å². The number of carbonyl (C=O) groups excluding carboxylic acids is 2. The average molecular weight is 403 g/mol. The molecule has 2 saturated carbocycles. The Hall–Kier alpha value is -0.430. The van der Waals surface area contributed by atoms with Crippen LogP contribution in [0.1, 0.15) is 80.1 Å². The maximum Gasteiger partial charge on any atom is 1.00 e. The van der Waals surface area contributed by atoms with Gasteiger partial charge >= 0.3 is 29.6 Å². The van der Waals surface area contributed by atoms with Crippen LogP contribution < -0.4 is 40.0 Å². The van der Waals surface area contributed by atoms with Crippen molar-refractivity contribution in [3.8, 4) is 0 Å². The Morgan fingerprint density at radius 3 is 2.25 bits per heavy atom. The van der Waals surface area contributed by atoms with E-state index in [9.17, 15) is 19.8 Å². The van der Waals surface area contributed by atoms with Crippen LogP contribution in [0.4, 0.5) is 0 Å². The van der Waals surface area contributed by atoms with Gasteiger partial charge in [-0.3, -0.25) is 9.59 Å². The molecule has 7 heteroatoms. The summed E-state index contributed by atoms with van der Waals surface area (Å²) < 4.78 is 0. The third-order valence-corrected chi connectivity index (χ3v) is 7.52. The summed E-state index contributed by atoms with van der Waals surface area (Å²) >= 11 is 0. The molecule has 2 amide bonds. The largest absolute Gasteiger partial charge is 1.00 e. The van der Waals surface area contributed by atoms with Gasteiger partial charge in [0.1, 0.15) is 5.41 Å². The van der Waals surface area contributed by atoms with Crippen LogP contribution in [0.2, 0.25) is 0 Å². The summed E-state index contributed by atoms with van der Waals surface area (Å²) in [4.78, 5) is 27.1. The fraction of sp³-hybridized carbons (Fsp3) is 0.857. The van der Waals surface area contributed by atoms with E-state index < -0.39 is 23.3 Å². The van der Waals surface area contributed by atoms with Crippen molar-refractivity contribution in [3.63, 3.8) is 0 Å². The number of aliphatic hydroxyl groups is 1. The summed E-state index contributed by atoms with van der Waals surface area (Å²) in [5, 5.41) is 23.1. The van der Waals surface area contributed by atoms with Crippen molar-refractivity contribution in [2.24, 2.45) is 33.1 Å². The van der Waals surface area contributed by atoms with E-state index in [0.717, 1.165) is 18.8 Å². The molecule has 5 atom stereocenters. The van der Waals surface area contributed by atoms with Crippen molar-refractivity contribution in [1.82, 2.24) is 5.32 Å². The van der Waals surface area contributed by atoms with E-state index in [0.29, 0.717) is 6.42 Å². The Balaban J connectivity index is 0.000000285. The first-order chi connectivity index (χ1) is 12.5. The first kappa shape index (κ1) is 25.6. The smallest absolute Gasteiger partial charge is 0.846 e. The molecule has 2 aliphatic carbocycles. The van der Waals surface area contributed by atoms with Gasteiger partial charge in [0.25, 0.3) is 5.91 Å². The molecule has 1 aliphatic heterocycles. The van der Waals surface area contributed by atoms with E-state index >= 15 is 0 Å². The van der Waals surface area contributed by atoms with Crippen LogP contribution in [0, 0.1) is 28.1 Å². The fourth-order valence-corrected chi connectivity index (χ4v) is 5.58. The Morgan fingerprint density at radius 2 is 1.89 bits per heavy atom. The molecule has 3 unspecified atom stereocenters. The Kier molecular flexibility index (Phi) is 8.37. The van der Waals surface area contributed by atoms with Crippen molar-refractivity contribution < 1.29 is 49.4 Å². The standard InChI is InChI=1S/C11H18N2O3.C10H18O.Na/c1-4-6-7(3)11(5-2)8(14)12-10(16)13-9(11)15;1-9(2)7-4-5-10(3,6-7)8(9)11;/h7H,4-6H2,1-3H3,(H2,12,13,14,15,16);7-8,11H,4-6H2,1-3H3;/q;;+1/p-1/t;7-,8?,10+;/m.1./s1. The first-order valence-corrected chi connectivity index (χ1v) is 10.2. The van der Waals surface area contributed by atoms with E-state index in [1.807, 2.05) is 13.8 Å². The number of aliphatic imine (C=N–C) groups is 1. The average Bonchev–Trinajstić information content (AvgIpc) is 3.05. The molecule has 0 radical (unpaired) electrons. The number of carbonyl (C=O) groups is 2. The summed E-state index contributed by atoms with van der Waals surface area (Å²) in [5.41, 5.74) is -0.703. The zero-order valence-electron chi connectivity index (χ0n) is 18.6. The number of amides is 2. The number of nitrogens with one attached hydrogen (secondary N) is 1. The molecule has 154 valence electrons. The van der Waals surface area contributed by atoms with Gasteiger partial charge in [-0.1, -0.05) is 48.0 Å². The van der Waals surface area contributed by atoms with Gasteiger partial charge in [-0.15, -0.1) is 0 Å². The molecule has 0 aromatic rings. The molecule has 3 rings (SSSR count). The van der Waals surface area contributed by atoms with Gasteiger partial charge in [0.05, 0.1) is 12.1 Å². The molecular weight excluding hydrogens is 367 g/mol. The van der Waals surface area contributed by atoms with Crippen LogP contribution in [0.3, 0.4) is 0 Å². The normalized spacial score (nSPS) is 36.6. The number of amidine groups is 1. The van der Waals surface area contributed by atoms with Gasteiger partial charge in [0.15, 0.2) is 0 Å². The second-order valence-electron chi connectivity index (χ2n) is 9.51. The first-order valence-electron chi connectivity index (χ1n) is 10.2. The molecule has 6 nitrogen and oxygen atoms in total. The number of fused-ring (bicyclic) bond motifs is 2. The number of aliphatic hydroxyl groups excluding tert-OH is 1. The van der Waals surface area contributed by atoms with Crippen molar-refractivity contribution in [2.75, 3.05) is 0 Å². The molecular formula is C21H35N2NaO4. The minimum absolute atomic E-state index is 0. The number of hydrogen-bond acceptors (Lipinski definition) is 4. The van der Waals surface area contributed by atoms with E-state index in [-0.39, 0.29) is 52.4 Å². The molecule has 1 heterocycles.